The number of benzene rings is 1. The highest BCUT2D eigenvalue weighted by Crippen LogP contribution is 2.42. The summed E-state index contributed by atoms with van der Waals surface area (Å²) in [5, 5.41) is 8.29. The van der Waals surface area contributed by atoms with Gasteiger partial charge in [-0.15, -0.1) is 0 Å². The Morgan fingerprint density at radius 2 is 1.94 bits per heavy atom. The van der Waals surface area contributed by atoms with Crippen LogP contribution in [0.3, 0.4) is 0 Å². The summed E-state index contributed by atoms with van der Waals surface area (Å²) in [5.41, 5.74) is 7.99. The number of rotatable bonds is 3. The van der Waals surface area contributed by atoms with Crippen LogP contribution in [0.25, 0.3) is 22.6 Å². The molecule has 0 amide bonds. The van der Waals surface area contributed by atoms with Gasteiger partial charge in [-0.1, -0.05) is 50.6 Å². The number of anilines is 1. The predicted molar refractivity (Wildman–Crippen MR) is 131 cm³/mol. The van der Waals surface area contributed by atoms with E-state index in [-0.39, 0.29) is 11.5 Å². The van der Waals surface area contributed by atoms with Crippen LogP contribution in [0.4, 0.5) is 10.3 Å². The Bertz CT molecular complexity index is 1450. The van der Waals surface area contributed by atoms with E-state index in [1.165, 1.54) is 29.0 Å². The third kappa shape index (κ3) is 3.56. The Labute approximate surface area is 198 Å². The van der Waals surface area contributed by atoms with Crippen LogP contribution in [-0.2, 0) is 11.8 Å². The molecule has 6 nitrogen and oxygen atoms in total. The molecule has 0 aliphatic heterocycles. The summed E-state index contributed by atoms with van der Waals surface area (Å²) in [5.74, 6) is 0.654. The van der Waals surface area contributed by atoms with Crippen molar-refractivity contribution in [2.24, 2.45) is 0 Å². The zero-order valence-electron chi connectivity index (χ0n) is 19.6. The first-order valence-electron chi connectivity index (χ1n) is 11.8. The van der Waals surface area contributed by atoms with Crippen LogP contribution in [0.5, 0.6) is 0 Å². The van der Waals surface area contributed by atoms with Crippen LogP contribution in [0.2, 0.25) is 0 Å². The molecule has 172 valence electrons. The minimum Gasteiger partial charge on any atom is -0.351 e. The fourth-order valence-electron chi connectivity index (χ4n) is 5.16. The summed E-state index contributed by atoms with van der Waals surface area (Å²) in [7, 11) is 0. The fourth-order valence-corrected chi connectivity index (χ4v) is 5.16. The molecule has 3 heterocycles. The van der Waals surface area contributed by atoms with Crippen molar-refractivity contribution >= 4 is 17.2 Å². The van der Waals surface area contributed by atoms with Crippen molar-refractivity contribution in [3.8, 4) is 11.4 Å². The number of fused-ring (bicyclic) bond motifs is 3. The van der Waals surface area contributed by atoms with E-state index in [1.807, 2.05) is 6.20 Å². The number of hydrogen-bond donors (Lipinski definition) is 1. The Balaban J connectivity index is 1.40. The lowest BCUT2D eigenvalue weighted by molar-refractivity contribution is 0.594. The second-order valence-electron chi connectivity index (χ2n) is 10.3. The number of nitrogens with one attached hydrogen (secondary N) is 1. The van der Waals surface area contributed by atoms with Crippen LogP contribution < -0.4 is 5.32 Å². The van der Waals surface area contributed by atoms with Crippen molar-refractivity contribution in [1.29, 1.82) is 0 Å². The summed E-state index contributed by atoms with van der Waals surface area (Å²) in [6.07, 6.45) is 8.76. The second kappa shape index (κ2) is 7.72. The van der Waals surface area contributed by atoms with Crippen LogP contribution in [0.15, 0.2) is 54.5 Å². The molecule has 1 N–H and O–H groups in total. The zero-order chi connectivity index (χ0) is 23.4. The number of hydrogen-bond acceptors (Lipinski definition) is 5. The molecule has 3 aromatic heterocycles. The summed E-state index contributed by atoms with van der Waals surface area (Å²) in [6.45, 7) is 6.40. The molecule has 4 aromatic rings. The molecule has 2 aliphatic rings. The van der Waals surface area contributed by atoms with E-state index in [9.17, 15) is 4.39 Å². The lowest BCUT2D eigenvalue weighted by Crippen LogP contribution is -2.25. The molecule has 7 heteroatoms. The molecule has 1 aromatic carbocycles. The van der Waals surface area contributed by atoms with Crippen LogP contribution in [-0.4, -0.2) is 30.6 Å². The van der Waals surface area contributed by atoms with Gasteiger partial charge in [-0.25, -0.2) is 9.37 Å². The van der Waals surface area contributed by atoms with Crippen LogP contribution >= 0.6 is 0 Å². The molecule has 0 saturated carbocycles. The van der Waals surface area contributed by atoms with Gasteiger partial charge in [0.1, 0.15) is 5.82 Å². The maximum absolute atomic E-state index is 13.9. The van der Waals surface area contributed by atoms with E-state index >= 15 is 0 Å². The van der Waals surface area contributed by atoms with Crippen molar-refractivity contribution in [2.75, 3.05) is 5.32 Å². The highest BCUT2D eigenvalue weighted by atomic mass is 19.1. The maximum Gasteiger partial charge on any atom is 0.228 e. The Morgan fingerprint density at radius 1 is 1.09 bits per heavy atom. The number of halogens is 1. The Hall–Kier alpha value is -3.61. The fraction of sp³-hybridized carbons (Fsp3) is 0.333. The normalized spacial score (nSPS) is 17.7. The first-order valence-corrected chi connectivity index (χ1v) is 11.8. The minimum atomic E-state index is -0.410. The Morgan fingerprint density at radius 3 is 2.76 bits per heavy atom. The molecule has 0 radical (unpaired) electrons. The number of nitrogens with zero attached hydrogens (tertiary/aromatic N) is 5. The van der Waals surface area contributed by atoms with Gasteiger partial charge in [0.2, 0.25) is 5.95 Å². The molecular formula is C27H27FN6. The number of aromatic nitrogens is 5. The first kappa shape index (κ1) is 21.0. The molecule has 0 saturated heterocycles. The summed E-state index contributed by atoms with van der Waals surface area (Å²) >= 11 is 0. The van der Waals surface area contributed by atoms with Crippen molar-refractivity contribution in [3.05, 3.63) is 77.0 Å². The van der Waals surface area contributed by atoms with E-state index in [4.69, 9.17) is 9.97 Å². The smallest absolute Gasteiger partial charge is 0.228 e. The van der Waals surface area contributed by atoms with Gasteiger partial charge in [0.05, 0.1) is 12.4 Å². The molecule has 1 atom stereocenters. The van der Waals surface area contributed by atoms with E-state index in [0.29, 0.717) is 17.3 Å². The molecule has 0 unspecified atom stereocenters. The first-order chi connectivity index (χ1) is 16.4. The van der Waals surface area contributed by atoms with Gasteiger partial charge in [0, 0.05) is 23.4 Å². The summed E-state index contributed by atoms with van der Waals surface area (Å²) in [4.78, 5) is 13.6. The van der Waals surface area contributed by atoms with Gasteiger partial charge < -0.3 is 5.32 Å². The highest BCUT2D eigenvalue weighted by Gasteiger charge is 2.29. The molecule has 0 fully saturated rings. The number of pyridine rings is 1. The third-order valence-corrected chi connectivity index (χ3v) is 6.89. The van der Waals surface area contributed by atoms with Crippen LogP contribution in [0, 0.1) is 5.82 Å². The predicted octanol–water partition coefficient (Wildman–Crippen LogP) is 5.60. The quantitative estimate of drug-likeness (QED) is 0.437. The van der Waals surface area contributed by atoms with Gasteiger partial charge in [-0.2, -0.15) is 14.6 Å². The molecular weight excluding hydrogens is 427 g/mol. The van der Waals surface area contributed by atoms with Gasteiger partial charge in [0.25, 0.3) is 0 Å². The molecule has 0 spiro atoms. The lowest BCUT2D eigenvalue weighted by atomic mass is 9.88. The van der Waals surface area contributed by atoms with Crippen LogP contribution in [0.1, 0.15) is 56.7 Å². The van der Waals surface area contributed by atoms with Crippen molar-refractivity contribution in [3.63, 3.8) is 0 Å². The third-order valence-electron chi connectivity index (χ3n) is 6.89. The molecule has 6 rings (SSSR count). The van der Waals surface area contributed by atoms with Crippen molar-refractivity contribution in [1.82, 2.24) is 24.6 Å². The molecule has 34 heavy (non-hydrogen) atoms. The van der Waals surface area contributed by atoms with Gasteiger partial charge in [-0.3, -0.25) is 4.98 Å². The lowest BCUT2D eigenvalue weighted by Gasteiger charge is -2.26. The standard InChI is InChI=1S/C27H27FN6/c1-27(2,3)23-15-30-34-25(23)32-24(18-11-19(28)14-29-13-18)33-26(34)31-20-9-8-17-10-16-6-4-5-7-21(16)22(17)12-20/h4-7,11,13-15,20H,8-10,12H2,1-3H3,(H,31,32,33)/t20-/m1/s1. The average molecular weight is 455 g/mol. The summed E-state index contributed by atoms with van der Waals surface area (Å²) in [6, 6.07) is 10.4. The number of allylic oxidation sites excluding steroid dienone is 1. The van der Waals surface area contributed by atoms with E-state index in [2.05, 4.69) is 60.4 Å². The van der Waals surface area contributed by atoms with Gasteiger partial charge in [-0.05, 0) is 53.9 Å². The minimum absolute atomic E-state index is 0.150. The summed E-state index contributed by atoms with van der Waals surface area (Å²) < 4.78 is 15.7. The second-order valence-corrected chi connectivity index (χ2v) is 10.3. The zero-order valence-corrected chi connectivity index (χ0v) is 19.6. The molecule has 2 aliphatic carbocycles. The monoisotopic (exact) mass is 454 g/mol. The van der Waals surface area contributed by atoms with Gasteiger partial charge in [0.15, 0.2) is 11.5 Å². The van der Waals surface area contributed by atoms with Gasteiger partial charge >= 0.3 is 0 Å². The molecule has 0 bridgehead atoms. The maximum atomic E-state index is 13.9. The van der Waals surface area contributed by atoms with E-state index < -0.39 is 5.82 Å². The van der Waals surface area contributed by atoms with Crippen molar-refractivity contribution in [2.45, 2.75) is 57.9 Å². The van der Waals surface area contributed by atoms with E-state index in [0.717, 1.165) is 36.9 Å². The highest BCUT2D eigenvalue weighted by molar-refractivity contribution is 5.77. The largest absolute Gasteiger partial charge is 0.351 e. The Kier molecular flexibility index (Phi) is 4.76. The van der Waals surface area contributed by atoms with Crippen molar-refractivity contribution < 1.29 is 4.39 Å². The van der Waals surface area contributed by atoms with E-state index in [1.54, 1.807) is 16.3 Å². The average Bonchev–Trinajstić information content (AvgIpc) is 3.41. The SMILES string of the molecule is CC(C)(C)c1cnn2c(N[C@@H]3CCC4=C(C3)c3ccccc3C4)nc(-c3cncc(F)c3)nc12. The topological polar surface area (TPSA) is 68.0 Å².